The lowest BCUT2D eigenvalue weighted by Gasteiger charge is -2.33. The van der Waals surface area contributed by atoms with Crippen molar-refractivity contribution in [3.63, 3.8) is 0 Å². The Morgan fingerprint density at radius 1 is 1.43 bits per heavy atom. The summed E-state index contributed by atoms with van der Waals surface area (Å²) in [5.41, 5.74) is 1.08. The molecule has 23 heavy (non-hydrogen) atoms. The summed E-state index contributed by atoms with van der Waals surface area (Å²) < 4.78 is 27.2. The van der Waals surface area contributed by atoms with E-state index in [0.717, 1.165) is 18.5 Å². The van der Waals surface area contributed by atoms with E-state index >= 15 is 0 Å². The van der Waals surface area contributed by atoms with Gasteiger partial charge < -0.3 is 5.32 Å². The first kappa shape index (κ1) is 17.8. The number of rotatable bonds is 5. The molecule has 1 atom stereocenters. The van der Waals surface area contributed by atoms with Gasteiger partial charge in [-0.2, -0.15) is 17.0 Å². The summed E-state index contributed by atoms with van der Waals surface area (Å²) in [5.74, 6) is -0.0694. The minimum atomic E-state index is -3.38. The van der Waals surface area contributed by atoms with Crippen molar-refractivity contribution < 1.29 is 13.2 Å². The third-order valence-electron chi connectivity index (χ3n) is 3.95. The SMILES string of the molecule is CNC(=O)c1cc(C[C@H]2CCCN(S(=O)(=O)N(C)C)C2)ncn1. The first-order chi connectivity index (χ1) is 10.8. The summed E-state index contributed by atoms with van der Waals surface area (Å²) in [4.78, 5) is 19.8. The number of piperidine rings is 1. The molecular weight excluding hydrogens is 318 g/mol. The largest absolute Gasteiger partial charge is 0.354 e. The number of nitrogens with one attached hydrogen (secondary N) is 1. The van der Waals surface area contributed by atoms with Crippen molar-refractivity contribution in [2.75, 3.05) is 34.2 Å². The van der Waals surface area contributed by atoms with Gasteiger partial charge in [-0.1, -0.05) is 0 Å². The average molecular weight is 341 g/mol. The average Bonchev–Trinajstić information content (AvgIpc) is 2.54. The number of carbonyl (C=O) groups is 1. The maximum Gasteiger partial charge on any atom is 0.281 e. The van der Waals surface area contributed by atoms with E-state index in [2.05, 4.69) is 15.3 Å². The Labute approximate surface area is 137 Å². The molecule has 0 unspecified atom stereocenters. The fourth-order valence-electron chi connectivity index (χ4n) is 2.69. The molecule has 1 aliphatic rings. The van der Waals surface area contributed by atoms with Crippen LogP contribution < -0.4 is 5.32 Å². The number of nitrogens with zero attached hydrogens (tertiary/aromatic N) is 4. The van der Waals surface area contributed by atoms with Gasteiger partial charge in [0.25, 0.3) is 16.1 Å². The van der Waals surface area contributed by atoms with Crippen LogP contribution in [0.2, 0.25) is 0 Å². The molecule has 1 fully saturated rings. The van der Waals surface area contributed by atoms with E-state index in [-0.39, 0.29) is 11.8 Å². The molecule has 0 spiro atoms. The number of aromatic nitrogens is 2. The minimum absolute atomic E-state index is 0.186. The van der Waals surface area contributed by atoms with Crippen molar-refractivity contribution >= 4 is 16.1 Å². The van der Waals surface area contributed by atoms with Crippen molar-refractivity contribution in [3.05, 3.63) is 23.8 Å². The molecule has 1 saturated heterocycles. The van der Waals surface area contributed by atoms with Gasteiger partial charge in [0.15, 0.2) is 0 Å². The topological polar surface area (TPSA) is 95.5 Å². The zero-order chi connectivity index (χ0) is 17.0. The van der Waals surface area contributed by atoms with Crippen LogP contribution in [0.25, 0.3) is 0 Å². The Bertz CT molecular complexity index is 662. The van der Waals surface area contributed by atoms with Crippen LogP contribution in [0.5, 0.6) is 0 Å². The number of hydrogen-bond acceptors (Lipinski definition) is 5. The zero-order valence-electron chi connectivity index (χ0n) is 13.7. The summed E-state index contributed by atoms with van der Waals surface area (Å²) in [7, 11) is 1.25. The van der Waals surface area contributed by atoms with E-state index in [9.17, 15) is 13.2 Å². The normalized spacial score (nSPS) is 19.7. The van der Waals surface area contributed by atoms with Gasteiger partial charge in [-0.25, -0.2) is 9.97 Å². The second kappa shape index (κ2) is 7.33. The van der Waals surface area contributed by atoms with Gasteiger partial charge in [0.1, 0.15) is 12.0 Å². The van der Waals surface area contributed by atoms with Gasteiger partial charge in [0.05, 0.1) is 0 Å². The van der Waals surface area contributed by atoms with Crippen molar-refractivity contribution in [1.82, 2.24) is 23.9 Å². The van der Waals surface area contributed by atoms with Crippen LogP contribution in [0.4, 0.5) is 0 Å². The molecule has 0 aromatic carbocycles. The monoisotopic (exact) mass is 341 g/mol. The van der Waals surface area contributed by atoms with E-state index in [1.54, 1.807) is 27.2 Å². The molecule has 1 aromatic rings. The van der Waals surface area contributed by atoms with Crippen molar-refractivity contribution in [3.8, 4) is 0 Å². The van der Waals surface area contributed by atoms with Crippen LogP contribution in [0.15, 0.2) is 12.4 Å². The molecule has 2 rings (SSSR count). The molecule has 128 valence electrons. The van der Waals surface area contributed by atoms with Crippen LogP contribution in [0.1, 0.15) is 29.0 Å². The van der Waals surface area contributed by atoms with E-state index in [0.29, 0.717) is 25.2 Å². The van der Waals surface area contributed by atoms with Crippen LogP contribution in [0, 0.1) is 5.92 Å². The first-order valence-corrected chi connectivity index (χ1v) is 8.95. The molecule has 0 radical (unpaired) electrons. The molecule has 1 amide bonds. The fraction of sp³-hybridized carbons (Fsp3) is 0.643. The zero-order valence-corrected chi connectivity index (χ0v) is 14.5. The molecule has 2 heterocycles. The molecule has 1 N–H and O–H groups in total. The lowest BCUT2D eigenvalue weighted by molar-refractivity contribution is 0.0957. The smallest absolute Gasteiger partial charge is 0.281 e. The predicted octanol–water partition coefficient (Wildman–Crippen LogP) is -0.103. The van der Waals surface area contributed by atoms with Crippen LogP contribution >= 0.6 is 0 Å². The highest BCUT2D eigenvalue weighted by molar-refractivity contribution is 7.86. The quantitative estimate of drug-likeness (QED) is 0.807. The highest BCUT2D eigenvalue weighted by atomic mass is 32.2. The second-order valence-corrected chi connectivity index (χ2v) is 7.98. The Morgan fingerprint density at radius 3 is 2.83 bits per heavy atom. The number of carbonyl (C=O) groups excluding carboxylic acids is 1. The van der Waals surface area contributed by atoms with Gasteiger partial charge in [-0.3, -0.25) is 4.79 Å². The fourth-order valence-corrected chi connectivity index (χ4v) is 3.91. The van der Waals surface area contributed by atoms with Gasteiger partial charge >= 0.3 is 0 Å². The summed E-state index contributed by atoms with van der Waals surface area (Å²) >= 11 is 0. The van der Waals surface area contributed by atoms with E-state index in [1.165, 1.54) is 14.9 Å². The Hall–Kier alpha value is -1.58. The van der Waals surface area contributed by atoms with Crippen LogP contribution in [0.3, 0.4) is 0 Å². The molecule has 0 saturated carbocycles. The third kappa shape index (κ3) is 4.24. The highest BCUT2D eigenvalue weighted by Gasteiger charge is 2.30. The number of amides is 1. The van der Waals surface area contributed by atoms with Crippen molar-refractivity contribution in [1.29, 1.82) is 0 Å². The van der Waals surface area contributed by atoms with Crippen molar-refractivity contribution in [2.24, 2.45) is 5.92 Å². The van der Waals surface area contributed by atoms with Gasteiger partial charge in [-0.15, -0.1) is 0 Å². The molecule has 8 nitrogen and oxygen atoms in total. The molecular formula is C14H23N5O3S. The van der Waals surface area contributed by atoms with Crippen molar-refractivity contribution in [2.45, 2.75) is 19.3 Å². The molecule has 9 heteroatoms. The predicted molar refractivity (Wildman–Crippen MR) is 86.0 cm³/mol. The standard InChI is InChI=1S/C14H23N5O3S/c1-15-14(20)13-8-12(16-10-17-13)7-11-5-4-6-19(9-11)23(21,22)18(2)3/h8,10-11H,4-7,9H2,1-3H3,(H,15,20)/t11-/m1/s1. The Morgan fingerprint density at radius 2 is 2.17 bits per heavy atom. The molecule has 1 aromatic heterocycles. The summed E-state index contributed by atoms with van der Waals surface area (Å²) in [6.07, 6.45) is 3.77. The lowest BCUT2D eigenvalue weighted by atomic mass is 9.94. The maximum atomic E-state index is 12.2. The second-order valence-electron chi connectivity index (χ2n) is 5.83. The molecule has 0 aliphatic carbocycles. The first-order valence-electron chi connectivity index (χ1n) is 7.55. The van der Waals surface area contributed by atoms with Gasteiger partial charge in [-0.05, 0) is 31.2 Å². The van der Waals surface area contributed by atoms with Crippen LogP contribution in [-0.2, 0) is 16.6 Å². The summed E-state index contributed by atoms with van der Waals surface area (Å²) in [6.45, 7) is 1.02. The maximum absolute atomic E-state index is 12.2. The lowest BCUT2D eigenvalue weighted by Crippen LogP contribution is -2.45. The molecule has 0 bridgehead atoms. The Balaban J connectivity index is 2.07. The number of hydrogen-bond donors (Lipinski definition) is 1. The van der Waals surface area contributed by atoms with E-state index in [4.69, 9.17) is 0 Å². The van der Waals surface area contributed by atoms with E-state index < -0.39 is 10.2 Å². The third-order valence-corrected chi connectivity index (χ3v) is 5.86. The molecule has 1 aliphatic heterocycles. The van der Waals surface area contributed by atoms with E-state index in [1.807, 2.05) is 0 Å². The Kier molecular flexibility index (Phi) is 5.66. The van der Waals surface area contributed by atoms with Gasteiger partial charge in [0.2, 0.25) is 0 Å². The van der Waals surface area contributed by atoms with Gasteiger partial charge in [0, 0.05) is 39.9 Å². The summed E-state index contributed by atoms with van der Waals surface area (Å²) in [5, 5.41) is 2.53. The summed E-state index contributed by atoms with van der Waals surface area (Å²) in [6, 6.07) is 1.66. The minimum Gasteiger partial charge on any atom is -0.354 e. The van der Waals surface area contributed by atoms with Crippen LogP contribution in [-0.4, -0.2) is 67.1 Å². The highest BCUT2D eigenvalue weighted by Crippen LogP contribution is 2.23.